The van der Waals surface area contributed by atoms with E-state index in [-0.39, 0.29) is 5.91 Å². The summed E-state index contributed by atoms with van der Waals surface area (Å²) in [5, 5.41) is 3.49. The maximum absolute atomic E-state index is 12.4. The van der Waals surface area contributed by atoms with Crippen LogP contribution in [0.1, 0.15) is 18.4 Å². The van der Waals surface area contributed by atoms with Crippen molar-refractivity contribution in [3.05, 3.63) is 48.0 Å². The van der Waals surface area contributed by atoms with Gasteiger partial charge in [-0.3, -0.25) is 4.79 Å². The monoisotopic (exact) mass is 345 g/mol. The van der Waals surface area contributed by atoms with E-state index in [2.05, 4.69) is 46.3 Å². The molecule has 110 valence electrons. The Labute approximate surface area is 134 Å². The molecular weight excluding hydrogens is 326 g/mol. The molecule has 1 heterocycles. The van der Waals surface area contributed by atoms with Crippen molar-refractivity contribution in [3.63, 3.8) is 0 Å². The molecule has 1 amide bonds. The Bertz CT molecular complexity index is 632. The first kappa shape index (κ1) is 14.6. The van der Waals surface area contributed by atoms with E-state index in [1.807, 2.05) is 17.0 Å². The van der Waals surface area contributed by atoms with Gasteiger partial charge < -0.3 is 4.90 Å². The lowest BCUT2D eigenvalue weighted by atomic mass is 9.98. The van der Waals surface area contributed by atoms with E-state index >= 15 is 0 Å². The molecule has 1 aliphatic rings. The minimum absolute atomic E-state index is 0.262. The van der Waals surface area contributed by atoms with Gasteiger partial charge in [-0.15, -0.1) is 0 Å². The summed E-state index contributed by atoms with van der Waals surface area (Å²) in [6, 6.07) is 14.6. The number of fused-ring (bicyclic) bond motifs is 1. The van der Waals surface area contributed by atoms with Crippen LogP contribution in [0, 0.1) is 5.92 Å². The Morgan fingerprint density at radius 2 is 1.81 bits per heavy atom. The number of hydrogen-bond donors (Lipinski definition) is 0. The van der Waals surface area contributed by atoms with Crippen molar-refractivity contribution in [2.45, 2.75) is 19.3 Å². The van der Waals surface area contributed by atoms with Crippen LogP contribution in [0.5, 0.6) is 0 Å². The van der Waals surface area contributed by atoms with Crippen molar-refractivity contribution >= 4 is 32.6 Å². The maximum Gasteiger partial charge on any atom is 0.226 e. The Morgan fingerprint density at radius 3 is 2.52 bits per heavy atom. The highest BCUT2D eigenvalue weighted by atomic mass is 79.9. The standard InChI is InChI=1S/C18H20BrNO/c19-13-14-7-9-20(10-8-14)18(21)12-15-5-6-16-3-1-2-4-17(16)11-15/h1-6,11,14H,7-10,12-13H2. The smallest absolute Gasteiger partial charge is 0.226 e. The summed E-state index contributed by atoms with van der Waals surface area (Å²) in [5.41, 5.74) is 1.11. The fourth-order valence-electron chi connectivity index (χ4n) is 2.97. The minimum Gasteiger partial charge on any atom is -0.342 e. The molecule has 0 radical (unpaired) electrons. The van der Waals surface area contributed by atoms with Gasteiger partial charge >= 0.3 is 0 Å². The van der Waals surface area contributed by atoms with Gasteiger partial charge in [0.25, 0.3) is 0 Å². The molecule has 3 heteroatoms. The van der Waals surface area contributed by atoms with Gasteiger partial charge in [-0.05, 0) is 35.1 Å². The van der Waals surface area contributed by atoms with Crippen LogP contribution in [0.25, 0.3) is 10.8 Å². The number of amides is 1. The second kappa shape index (κ2) is 6.61. The number of likely N-dealkylation sites (tertiary alicyclic amines) is 1. The second-order valence-electron chi connectivity index (χ2n) is 5.84. The summed E-state index contributed by atoms with van der Waals surface area (Å²) in [6.45, 7) is 1.81. The quantitative estimate of drug-likeness (QED) is 0.769. The normalized spacial score (nSPS) is 16.3. The molecule has 0 bridgehead atoms. The van der Waals surface area contributed by atoms with Crippen LogP contribution in [-0.2, 0) is 11.2 Å². The highest BCUT2D eigenvalue weighted by Crippen LogP contribution is 2.21. The molecule has 1 aliphatic heterocycles. The summed E-state index contributed by atoms with van der Waals surface area (Å²) >= 11 is 3.54. The van der Waals surface area contributed by atoms with Gasteiger partial charge in [-0.1, -0.05) is 58.4 Å². The van der Waals surface area contributed by atoms with E-state index in [4.69, 9.17) is 0 Å². The van der Waals surface area contributed by atoms with Crippen LogP contribution in [0.15, 0.2) is 42.5 Å². The molecule has 0 atom stereocenters. The van der Waals surface area contributed by atoms with Crippen molar-refractivity contribution in [2.75, 3.05) is 18.4 Å². The average molecular weight is 346 g/mol. The van der Waals surface area contributed by atoms with Gasteiger partial charge in [0.15, 0.2) is 0 Å². The van der Waals surface area contributed by atoms with Crippen LogP contribution >= 0.6 is 15.9 Å². The van der Waals surface area contributed by atoms with Crippen molar-refractivity contribution in [2.24, 2.45) is 5.92 Å². The van der Waals surface area contributed by atoms with E-state index in [1.54, 1.807) is 0 Å². The first-order valence-electron chi connectivity index (χ1n) is 7.57. The Hall–Kier alpha value is -1.35. The first-order chi connectivity index (χ1) is 10.3. The number of alkyl halides is 1. The number of halogens is 1. The van der Waals surface area contributed by atoms with E-state index in [1.165, 1.54) is 10.8 Å². The number of rotatable bonds is 3. The number of hydrogen-bond acceptors (Lipinski definition) is 1. The van der Waals surface area contributed by atoms with Crippen LogP contribution in [0.4, 0.5) is 0 Å². The summed E-state index contributed by atoms with van der Waals surface area (Å²) in [4.78, 5) is 14.4. The number of piperidine rings is 1. The molecule has 2 aromatic carbocycles. The van der Waals surface area contributed by atoms with Gasteiger partial charge in [-0.25, -0.2) is 0 Å². The zero-order valence-corrected chi connectivity index (χ0v) is 13.7. The zero-order valence-electron chi connectivity index (χ0n) is 12.1. The average Bonchev–Trinajstić information content (AvgIpc) is 2.55. The van der Waals surface area contributed by atoms with E-state index in [9.17, 15) is 4.79 Å². The molecule has 0 unspecified atom stereocenters. The van der Waals surface area contributed by atoms with E-state index in [0.29, 0.717) is 6.42 Å². The Morgan fingerprint density at radius 1 is 1.10 bits per heavy atom. The first-order valence-corrected chi connectivity index (χ1v) is 8.70. The molecule has 0 aromatic heterocycles. The molecule has 2 nitrogen and oxygen atoms in total. The third kappa shape index (κ3) is 3.46. The molecule has 2 aromatic rings. The third-order valence-electron chi connectivity index (χ3n) is 4.35. The van der Waals surface area contributed by atoms with Crippen molar-refractivity contribution in [3.8, 4) is 0 Å². The number of nitrogens with zero attached hydrogens (tertiary/aromatic N) is 1. The lowest BCUT2D eigenvalue weighted by Crippen LogP contribution is -2.39. The summed E-state index contributed by atoms with van der Waals surface area (Å²) in [7, 11) is 0. The molecule has 1 saturated heterocycles. The molecule has 0 aliphatic carbocycles. The van der Waals surface area contributed by atoms with Crippen molar-refractivity contribution in [1.82, 2.24) is 4.90 Å². The largest absolute Gasteiger partial charge is 0.342 e. The molecule has 0 saturated carbocycles. The number of benzene rings is 2. The van der Waals surface area contributed by atoms with E-state index in [0.717, 1.165) is 42.7 Å². The molecule has 0 spiro atoms. The second-order valence-corrected chi connectivity index (χ2v) is 6.48. The van der Waals surface area contributed by atoms with Crippen molar-refractivity contribution in [1.29, 1.82) is 0 Å². The van der Waals surface area contributed by atoms with Gasteiger partial charge in [0.1, 0.15) is 0 Å². The highest BCUT2D eigenvalue weighted by molar-refractivity contribution is 9.09. The maximum atomic E-state index is 12.4. The molecular formula is C18H20BrNO. The predicted molar refractivity (Wildman–Crippen MR) is 90.8 cm³/mol. The highest BCUT2D eigenvalue weighted by Gasteiger charge is 2.21. The topological polar surface area (TPSA) is 20.3 Å². The number of carbonyl (C=O) groups is 1. The predicted octanol–water partition coefficient (Wildman–Crippen LogP) is 4.02. The van der Waals surface area contributed by atoms with Gasteiger partial charge in [-0.2, -0.15) is 0 Å². The van der Waals surface area contributed by atoms with Crippen LogP contribution < -0.4 is 0 Å². The summed E-state index contributed by atoms with van der Waals surface area (Å²) in [6.07, 6.45) is 2.76. The van der Waals surface area contributed by atoms with Gasteiger partial charge in [0, 0.05) is 18.4 Å². The van der Waals surface area contributed by atoms with Crippen LogP contribution in [-0.4, -0.2) is 29.2 Å². The third-order valence-corrected chi connectivity index (χ3v) is 5.27. The lowest BCUT2D eigenvalue weighted by molar-refractivity contribution is -0.131. The fraction of sp³-hybridized carbons (Fsp3) is 0.389. The Kier molecular flexibility index (Phi) is 4.59. The van der Waals surface area contributed by atoms with E-state index < -0.39 is 0 Å². The van der Waals surface area contributed by atoms with Crippen LogP contribution in [0.2, 0.25) is 0 Å². The van der Waals surface area contributed by atoms with Crippen molar-refractivity contribution < 1.29 is 4.79 Å². The molecule has 0 N–H and O–H groups in total. The minimum atomic E-state index is 0.262. The lowest BCUT2D eigenvalue weighted by Gasteiger charge is -2.31. The fourth-order valence-corrected chi connectivity index (χ4v) is 3.62. The molecule has 3 rings (SSSR count). The SMILES string of the molecule is O=C(Cc1ccc2ccccc2c1)N1CCC(CBr)CC1. The Balaban J connectivity index is 1.66. The van der Waals surface area contributed by atoms with Crippen LogP contribution in [0.3, 0.4) is 0 Å². The van der Waals surface area contributed by atoms with Gasteiger partial charge in [0.05, 0.1) is 6.42 Å². The summed E-state index contributed by atoms with van der Waals surface area (Å²) in [5.74, 6) is 0.994. The van der Waals surface area contributed by atoms with Gasteiger partial charge in [0.2, 0.25) is 5.91 Å². The molecule has 21 heavy (non-hydrogen) atoms. The number of carbonyl (C=O) groups excluding carboxylic acids is 1. The molecule has 1 fully saturated rings. The summed E-state index contributed by atoms with van der Waals surface area (Å²) < 4.78 is 0. The zero-order chi connectivity index (χ0) is 14.7.